The summed E-state index contributed by atoms with van der Waals surface area (Å²) >= 11 is 1.61. The lowest BCUT2D eigenvalue weighted by molar-refractivity contribution is 0.756. The van der Waals surface area contributed by atoms with Gasteiger partial charge in [0.05, 0.1) is 11.4 Å². The van der Waals surface area contributed by atoms with Crippen molar-refractivity contribution in [1.82, 2.24) is 14.8 Å². The van der Waals surface area contributed by atoms with Crippen molar-refractivity contribution in [3.63, 3.8) is 0 Å². The van der Waals surface area contributed by atoms with Gasteiger partial charge in [-0.1, -0.05) is 6.07 Å². The molecule has 0 spiro atoms. The first kappa shape index (κ1) is 13.8. The average molecular weight is 298 g/mol. The maximum absolute atomic E-state index is 4.66. The highest BCUT2D eigenvalue weighted by Crippen LogP contribution is 2.29. The summed E-state index contributed by atoms with van der Waals surface area (Å²) in [6.07, 6.45) is 2.00. The van der Waals surface area contributed by atoms with Gasteiger partial charge >= 0.3 is 0 Å². The molecule has 0 saturated heterocycles. The highest BCUT2D eigenvalue weighted by molar-refractivity contribution is 7.14. The lowest BCUT2D eigenvalue weighted by Gasteiger charge is -2.05. The van der Waals surface area contributed by atoms with Crippen LogP contribution in [0.4, 0.5) is 10.8 Å². The van der Waals surface area contributed by atoms with E-state index in [1.165, 1.54) is 11.1 Å². The molecule has 3 rings (SSSR count). The quantitative estimate of drug-likeness (QED) is 0.787. The molecule has 0 radical (unpaired) electrons. The second-order valence-electron chi connectivity index (χ2n) is 5.34. The van der Waals surface area contributed by atoms with E-state index in [0.29, 0.717) is 0 Å². The molecule has 4 nitrogen and oxygen atoms in total. The second-order valence-corrected chi connectivity index (χ2v) is 6.20. The number of hydrogen-bond donors (Lipinski definition) is 1. The van der Waals surface area contributed by atoms with Gasteiger partial charge in [-0.3, -0.25) is 4.68 Å². The number of aromatic nitrogens is 3. The van der Waals surface area contributed by atoms with Crippen LogP contribution in [0.25, 0.3) is 11.3 Å². The molecule has 2 heterocycles. The van der Waals surface area contributed by atoms with E-state index in [0.717, 1.165) is 27.8 Å². The number of thiazole rings is 1. The molecule has 0 fully saturated rings. The van der Waals surface area contributed by atoms with E-state index >= 15 is 0 Å². The summed E-state index contributed by atoms with van der Waals surface area (Å²) in [5.74, 6) is 0. The molecule has 0 atom stereocenters. The maximum atomic E-state index is 4.66. The molecule has 2 aromatic heterocycles. The largest absolute Gasteiger partial charge is 0.332 e. The Hall–Kier alpha value is -2.14. The molecule has 3 aromatic rings. The highest BCUT2D eigenvalue weighted by atomic mass is 32.1. The van der Waals surface area contributed by atoms with Crippen molar-refractivity contribution >= 4 is 22.2 Å². The Morgan fingerprint density at radius 1 is 1.10 bits per heavy atom. The van der Waals surface area contributed by atoms with Gasteiger partial charge < -0.3 is 5.32 Å². The minimum atomic E-state index is 0.901. The Morgan fingerprint density at radius 2 is 1.81 bits per heavy atom. The molecular weight excluding hydrogens is 280 g/mol. The summed E-state index contributed by atoms with van der Waals surface area (Å²) < 4.78 is 1.82. The van der Waals surface area contributed by atoms with Crippen LogP contribution in [0.5, 0.6) is 0 Å². The molecule has 0 bridgehead atoms. The zero-order chi connectivity index (χ0) is 15.0. The lowest BCUT2D eigenvalue weighted by atomic mass is 10.1. The van der Waals surface area contributed by atoms with Gasteiger partial charge in [0.1, 0.15) is 0 Å². The third-order valence-corrected chi connectivity index (χ3v) is 4.02. The Balaban J connectivity index is 1.87. The van der Waals surface area contributed by atoms with Crippen molar-refractivity contribution in [3.8, 4) is 11.3 Å². The SMILES string of the molecule is Cc1cc(C)cc(Nc2nc(-c3cn(C)nc3C)cs2)c1. The number of benzene rings is 1. The normalized spacial score (nSPS) is 10.9. The Morgan fingerprint density at radius 3 is 2.43 bits per heavy atom. The van der Waals surface area contributed by atoms with E-state index in [9.17, 15) is 0 Å². The third kappa shape index (κ3) is 2.97. The van der Waals surface area contributed by atoms with Gasteiger partial charge in [0.15, 0.2) is 5.13 Å². The monoisotopic (exact) mass is 298 g/mol. The van der Waals surface area contributed by atoms with Crippen molar-refractivity contribution < 1.29 is 0 Å². The van der Waals surface area contributed by atoms with Gasteiger partial charge in [-0.2, -0.15) is 5.10 Å². The Labute approximate surface area is 128 Å². The van der Waals surface area contributed by atoms with Crippen LogP contribution in [0, 0.1) is 20.8 Å². The van der Waals surface area contributed by atoms with Gasteiger partial charge in [-0.05, 0) is 44.0 Å². The summed E-state index contributed by atoms with van der Waals surface area (Å²) in [7, 11) is 1.93. The standard InChI is InChI=1S/C16H18N4S/c1-10-5-11(2)7-13(6-10)17-16-18-15(9-21-16)14-8-20(4)19-12(14)3/h5-9H,1-4H3,(H,17,18). The van der Waals surface area contributed by atoms with E-state index in [2.05, 4.69) is 52.8 Å². The molecule has 5 heteroatoms. The summed E-state index contributed by atoms with van der Waals surface area (Å²) in [4.78, 5) is 4.66. The average Bonchev–Trinajstić information content (AvgIpc) is 2.94. The smallest absolute Gasteiger partial charge is 0.187 e. The number of nitrogens with one attached hydrogen (secondary N) is 1. The minimum Gasteiger partial charge on any atom is -0.332 e. The first-order valence-electron chi connectivity index (χ1n) is 6.83. The predicted molar refractivity (Wildman–Crippen MR) is 88.3 cm³/mol. The van der Waals surface area contributed by atoms with Gasteiger partial charge in [0.25, 0.3) is 0 Å². The van der Waals surface area contributed by atoms with E-state index in [-0.39, 0.29) is 0 Å². The molecule has 0 unspecified atom stereocenters. The second kappa shape index (κ2) is 5.33. The fourth-order valence-corrected chi connectivity index (χ4v) is 3.21. The van der Waals surface area contributed by atoms with Crippen molar-refractivity contribution in [3.05, 3.63) is 46.6 Å². The van der Waals surface area contributed by atoms with Gasteiger partial charge in [0.2, 0.25) is 0 Å². The van der Waals surface area contributed by atoms with Crippen molar-refractivity contribution in [2.75, 3.05) is 5.32 Å². The number of hydrogen-bond acceptors (Lipinski definition) is 4. The van der Waals surface area contributed by atoms with E-state index < -0.39 is 0 Å². The van der Waals surface area contributed by atoms with Crippen LogP contribution in [0.1, 0.15) is 16.8 Å². The van der Waals surface area contributed by atoms with Crippen LogP contribution in [-0.4, -0.2) is 14.8 Å². The Kier molecular flexibility index (Phi) is 3.51. The molecule has 0 aliphatic rings. The zero-order valence-corrected chi connectivity index (χ0v) is 13.5. The van der Waals surface area contributed by atoms with Gasteiger partial charge in [-0.25, -0.2) is 4.98 Å². The number of anilines is 2. The van der Waals surface area contributed by atoms with E-state index in [1.807, 2.05) is 24.9 Å². The van der Waals surface area contributed by atoms with Crippen molar-refractivity contribution in [1.29, 1.82) is 0 Å². The fraction of sp³-hybridized carbons (Fsp3) is 0.250. The topological polar surface area (TPSA) is 42.7 Å². The molecule has 21 heavy (non-hydrogen) atoms. The predicted octanol–water partition coefficient (Wildman–Crippen LogP) is 4.21. The molecule has 1 N–H and O–H groups in total. The third-order valence-electron chi connectivity index (χ3n) is 3.27. The minimum absolute atomic E-state index is 0.901. The highest BCUT2D eigenvalue weighted by Gasteiger charge is 2.10. The summed E-state index contributed by atoms with van der Waals surface area (Å²) in [5, 5.41) is 10.7. The summed E-state index contributed by atoms with van der Waals surface area (Å²) in [5.41, 5.74) is 6.63. The molecule has 108 valence electrons. The maximum Gasteiger partial charge on any atom is 0.187 e. The van der Waals surface area contributed by atoms with E-state index in [4.69, 9.17) is 0 Å². The van der Waals surface area contributed by atoms with Crippen LogP contribution < -0.4 is 5.32 Å². The zero-order valence-electron chi connectivity index (χ0n) is 12.6. The number of rotatable bonds is 3. The Bertz CT molecular complexity index is 765. The van der Waals surface area contributed by atoms with Crippen LogP contribution in [-0.2, 0) is 7.05 Å². The van der Waals surface area contributed by atoms with Crippen LogP contribution in [0.2, 0.25) is 0 Å². The molecule has 0 aliphatic heterocycles. The molecular formula is C16H18N4S. The van der Waals surface area contributed by atoms with Crippen molar-refractivity contribution in [2.45, 2.75) is 20.8 Å². The van der Waals surface area contributed by atoms with Crippen LogP contribution in [0.15, 0.2) is 29.8 Å². The summed E-state index contributed by atoms with van der Waals surface area (Å²) in [6.45, 7) is 6.21. The van der Waals surface area contributed by atoms with Crippen LogP contribution >= 0.6 is 11.3 Å². The summed E-state index contributed by atoms with van der Waals surface area (Å²) in [6, 6.07) is 6.42. The van der Waals surface area contributed by atoms with Crippen LogP contribution in [0.3, 0.4) is 0 Å². The first-order valence-corrected chi connectivity index (χ1v) is 7.71. The lowest BCUT2D eigenvalue weighted by Crippen LogP contribution is -1.91. The first-order chi connectivity index (χ1) is 10.0. The van der Waals surface area contributed by atoms with Gasteiger partial charge in [0, 0.05) is 29.9 Å². The van der Waals surface area contributed by atoms with Crippen molar-refractivity contribution in [2.24, 2.45) is 7.05 Å². The van der Waals surface area contributed by atoms with Gasteiger partial charge in [-0.15, -0.1) is 11.3 Å². The molecule has 0 amide bonds. The molecule has 0 saturated carbocycles. The number of nitrogens with zero attached hydrogens (tertiary/aromatic N) is 3. The molecule has 0 aliphatic carbocycles. The number of aryl methyl sites for hydroxylation is 4. The fourth-order valence-electron chi connectivity index (χ4n) is 2.48. The molecule has 1 aromatic carbocycles. The van der Waals surface area contributed by atoms with E-state index in [1.54, 1.807) is 11.3 Å².